The van der Waals surface area contributed by atoms with Gasteiger partial charge in [-0.3, -0.25) is 0 Å². The van der Waals surface area contributed by atoms with Crippen LogP contribution in [0.4, 0.5) is 4.79 Å². The molecule has 0 aromatic heterocycles. The number of nitrogens with one attached hydrogen (secondary N) is 1. The van der Waals surface area contributed by atoms with Gasteiger partial charge in [-0.25, -0.2) is 4.79 Å². The van der Waals surface area contributed by atoms with Crippen LogP contribution in [-0.4, -0.2) is 24.8 Å². The molecule has 1 atom stereocenters. The number of carbonyl (C=O) groups excluding carboxylic acids is 1. The Labute approximate surface area is 132 Å². The molecular weight excluding hydrogens is 278 g/mol. The molecular formula is C18H25NO3. The molecule has 0 fully saturated rings. The van der Waals surface area contributed by atoms with Crippen LogP contribution in [0.25, 0.3) is 0 Å². The molecule has 1 aliphatic heterocycles. The highest BCUT2D eigenvalue weighted by molar-refractivity contribution is 5.67. The van der Waals surface area contributed by atoms with Gasteiger partial charge in [0.15, 0.2) is 0 Å². The predicted octanol–water partition coefficient (Wildman–Crippen LogP) is 3.57. The van der Waals surface area contributed by atoms with Crippen molar-refractivity contribution < 1.29 is 14.3 Å². The maximum Gasteiger partial charge on any atom is 0.407 e. The van der Waals surface area contributed by atoms with Crippen molar-refractivity contribution in [3.63, 3.8) is 0 Å². The fraction of sp³-hybridized carbons (Fsp3) is 0.611. The summed E-state index contributed by atoms with van der Waals surface area (Å²) in [5.41, 5.74) is 3.91. The minimum Gasteiger partial charge on any atom is -0.493 e. The molecule has 0 bridgehead atoms. The minimum atomic E-state index is -0.442. The number of benzene rings is 1. The fourth-order valence-electron chi connectivity index (χ4n) is 3.50. The summed E-state index contributed by atoms with van der Waals surface area (Å²) in [5.74, 6) is 1.59. The van der Waals surface area contributed by atoms with Crippen LogP contribution in [0.5, 0.6) is 5.75 Å². The molecule has 4 nitrogen and oxygen atoms in total. The molecule has 1 unspecified atom stereocenters. The Morgan fingerprint density at radius 1 is 1.36 bits per heavy atom. The molecule has 120 valence electrons. The van der Waals surface area contributed by atoms with Crippen molar-refractivity contribution in [3.05, 3.63) is 28.8 Å². The van der Waals surface area contributed by atoms with Gasteiger partial charge in [0.2, 0.25) is 0 Å². The number of hydrogen-bond donors (Lipinski definition) is 1. The summed E-state index contributed by atoms with van der Waals surface area (Å²) in [6, 6.07) is 4.32. The molecule has 4 heteroatoms. The average molecular weight is 303 g/mol. The fourth-order valence-corrected chi connectivity index (χ4v) is 3.50. The first-order chi connectivity index (χ1) is 10.4. The van der Waals surface area contributed by atoms with Crippen LogP contribution in [0.15, 0.2) is 12.1 Å². The van der Waals surface area contributed by atoms with Gasteiger partial charge < -0.3 is 14.8 Å². The van der Waals surface area contributed by atoms with Gasteiger partial charge in [0.25, 0.3) is 0 Å². The monoisotopic (exact) mass is 303 g/mol. The first-order valence-corrected chi connectivity index (χ1v) is 8.18. The SMILES string of the molecule is CC(C)(C)OC(=O)NCCC1CCc2ccc3c(c21)CCO3. The standard InChI is InChI=1S/C18H25NO3/c1-18(2,3)22-17(20)19-10-8-13-5-4-12-6-7-15-14(16(12)13)9-11-21-15/h6-7,13H,4-5,8-11H2,1-3H3,(H,19,20). The zero-order valence-corrected chi connectivity index (χ0v) is 13.7. The Bertz CT molecular complexity index is 574. The lowest BCUT2D eigenvalue weighted by Crippen LogP contribution is -2.33. The van der Waals surface area contributed by atoms with E-state index in [1.54, 1.807) is 0 Å². The number of rotatable bonds is 3. The molecule has 1 N–H and O–H groups in total. The van der Waals surface area contributed by atoms with Gasteiger partial charge in [0, 0.05) is 18.5 Å². The largest absolute Gasteiger partial charge is 0.493 e. The van der Waals surface area contributed by atoms with Crippen LogP contribution in [0.3, 0.4) is 0 Å². The highest BCUT2D eigenvalue weighted by atomic mass is 16.6. The van der Waals surface area contributed by atoms with E-state index in [2.05, 4.69) is 17.4 Å². The number of hydrogen-bond acceptors (Lipinski definition) is 3. The number of aryl methyl sites for hydroxylation is 1. The zero-order valence-electron chi connectivity index (χ0n) is 13.7. The van der Waals surface area contributed by atoms with E-state index in [4.69, 9.17) is 9.47 Å². The summed E-state index contributed by atoms with van der Waals surface area (Å²) in [4.78, 5) is 11.7. The normalized spacial score (nSPS) is 19.3. The third-order valence-electron chi connectivity index (χ3n) is 4.35. The highest BCUT2D eigenvalue weighted by Gasteiger charge is 2.29. The Morgan fingerprint density at radius 2 is 2.18 bits per heavy atom. The Balaban J connectivity index is 1.58. The van der Waals surface area contributed by atoms with Crippen LogP contribution in [0, 0.1) is 0 Å². The van der Waals surface area contributed by atoms with Crippen molar-refractivity contribution >= 4 is 6.09 Å². The highest BCUT2D eigenvalue weighted by Crippen LogP contribution is 2.42. The second-order valence-corrected chi connectivity index (χ2v) is 7.17. The molecule has 1 aromatic carbocycles. The van der Waals surface area contributed by atoms with E-state index >= 15 is 0 Å². The van der Waals surface area contributed by atoms with Crippen LogP contribution in [0.1, 0.15) is 56.2 Å². The zero-order chi connectivity index (χ0) is 15.7. The van der Waals surface area contributed by atoms with Gasteiger partial charge in [-0.05, 0) is 63.1 Å². The van der Waals surface area contributed by atoms with Gasteiger partial charge >= 0.3 is 6.09 Å². The average Bonchev–Trinajstić information content (AvgIpc) is 3.01. The predicted molar refractivity (Wildman–Crippen MR) is 85.6 cm³/mol. The first kappa shape index (κ1) is 15.2. The van der Waals surface area contributed by atoms with Crippen molar-refractivity contribution in [2.24, 2.45) is 0 Å². The van der Waals surface area contributed by atoms with E-state index in [0.29, 0.717) is 12.5 Å². The van der Waals surface area contributed by atoms with Crippen molar-refractivity contribution in [2.75, 3.05) is 13.2 Å². The second-order valence-electron chi connectivity index (χ2n) is 7.17. The summed E-state index contributed by atoms with van der Waals surface area (Å²) in [6.07, 6.45) is 3.96. The molecule has 0 radical (unpaired) electrons. The molecule has 1 aromatic rings. The van der Waals surface area contributed by atoms with E-state index in [1.165, 1.54) is 23.1 Å². The van der Waals surface area contributed by atoms with Crippen molar-refractivity contribution in [1.29, 1.82) is 0 Å². The van der Waals surface area contributed by atoms with Gasteiger partial charge in [0.05, 0.1) is 6.61 Å². The summed E-state index contributed by atoms with van der Waals surface area (Å²) in [6.45, 7) is 7.09. The second kappa shape index (κ2) is 5.82. The lowest BCUT2D eigenvalue weighted by molar-refractivity contribution is 0.0526. The third kappa shape index (κ3) is 3.21. The summed E-state index contributed by atoms with van der Waals surface area (Å²) in [5, 5.41) is 2.87. The molecule has 0 spiro atoms. The van der Waals surface area contributed by atoms with Crippen molar-refractivity contribution in [3.8, 4) is 5.75 Å². The van der Waals surface area contributed by atoms with Crippen molar-refractivity contribution in [1.82, 2.24) is 5.32 Å². The Hall–Kier alpha value is -1.71. The number of ether oxygens (including phenoxy) is 2. The molecule has 1 amide bonds. The summed E-state index contributed by atoms with van der Waals surface area (Å²) < 4.78 is 11.0. The van der Waals surface area contributed by atoms with E-state index in [0.717, 1.165) is 31.6 Å². The number of amides is 1. The van der Waals surface area contributed by atoms with Crippen molar-refractivity contribution in [2.45, 2.75) is 58.0 Å². The van der Waals surface area contributed by atoms with Gasteiger partial charge in [-0.2, -0.15) is 0 Å². The van der Waals surface area contributed by atoms with E-state index < -0.39 is 5.60 Å². The smallest absolute Gasteiger partial charge is 0.407 e. The molecule has 2 aliphatic rings. The number of alkyl carbamates (subject to hydrolysis) is 1. The maximum atomic E-state index is 11.7. The lowest BCUT2D eigenvalue weighted by Gasteiger charge is -2.20. The maximum absolute atomic E-state index is 11.7. The summed E-state index contributed by atoms with van der Waals surface area (Å²) in [7, 11) is 0. The quantitative estimate of drug-likeness (QED) is 0.928. The summed E-state index contributed by atoms with van der Waals surface area (Å²) >= 11 is 0. The minimum absolute atomic E-state index is 0.327. The molecule has 0 saturated heterocycles. The van der Waals surface area contributed by atoms with E-state index in [-0.39, 0.29) is 6.09 Å². The third-order valence-corrected chi connectivity index (χ3v) is 4.35. The van der Waals surface area contributed by atoms with Crippen LogP contribution >= 0.6 is 0 Å². The van der Waals surface area contributed by atoms with E-state index in [9.17, 15) is 4.79 Å². The van der Waals surface area contributed by atoms with Gasteiger partial charge in [0.1, 0.15) is 11.4 Å². The Morgan fingerprint density at radius 3 is 2.95 bits per heavy atom. The van der Waals surface area contributed by atoms with E-state index in [1.807, 2.05) is 20.8 Å². The number of fused-ring (bicyclic) bond motifs is 3. The molecule has 3 rings (SSSR count). The first-order valence-electron chi connectivity index (χ1n) is 8.18. The van der Waals surface area contributed by atoms with Gasteiger partial charge in [-0.15, -0.1) is 0 Å². The van der Waals surface area contributed by atoms with Gasteiger partial charge in [-0.1, -0.05) is 6.07 Å². The number of carbonyl (C=O) groups is 1. The van der Waals surface area contributed by atoms with Crippen LogP contribution in [0.2, 0.25) is 0 Å². The van der Waals surface area contributed by atoms with Crippen LogP contribution in [-0.2, 0) is 17.6 Å². The Kier molecular flexibility index (Phi) is 4.02. The molecule has 22 heavy (non-hydrogen) atoms. The lowest BCUT2D eigenvalue weighted by atomic mass is 9.92. The molecule has 1 aliphatic carbocycles. The van der Waals surface area contributed by atoms with Crippen LogP contribution < -0.4 is 10.1 Å². The topological polar surface area (TPSA) is 47.6 Å². The molecule has 1 heterocycles. The molecule has 0 saturated carbocycles.